The summed E-state index contributed by atoms with van der Waals surface area (Å²) in [6.45, 7) is 14.4. The number of hydrogen-bond donors (Lipinski definition) is 0. The molecule has 0 bridgehead atoms. The summed E-state index contributed by atoms with van der Waals surface area (Å²) >= 11 is 0. The Balaban J connectivity index is 2.12. The van der Waals surface area contributed by atoms with E-state index in [2.05, 4.69) is 41.5 Å². The molecule has 0 saturated heterocycles. The van der Waals surface area contributed by atoms with E-state index >= 15 is 0 Å². The Labute approximate surface area is 238 Å². The minimum atomic E-state index is -0.0495. The zero-order valence-electron chi connectivity index (χ0n) is 26.7. The molecule has 1 aliphatic carbocycles. The lowest BCUT2D eigenvalue weighted by molar-refractivity contribution is 0.112. The Morgan fingerprint density at radius 3 is 1.71 bits per heavy atom. The van der Waals surface area contributed by atoms with Crippen molar-refractivity contribution in [1.82, 2.24) is 10.2 Å². The predicted octanol–water partition coefficient (Wildman–Crippen LogP) is 12.1. The van der Waals surface area contributed by atoms with Gasteiger partial charge in [-0.15, -0.1) is 10.2 Å². The maximum atomic E-state index is 6.63. The molecule has 0 amide bonds. The Bertz CT molecular complexity index is 697. The first-order valence-corrected chi connectivity index (χ1v) is 17.2. The molecule has 0 radical (unpaired) electrons. The average Bonchev–Trinajstić information content (AvgIpc) is 3.40. The summed E-state index contributed by atoms with van der Waals surface area (Å²) in [5.41, 5.74) is 0.229. The lowest BCUT2D eigenvalue weighted by Gasteiger charge is -2.41. The minimum absolute atomic E-state index is 0.0495. The predicted molar refractivity (Wildman–Crippen MR) is 165 cm³/mol. The fourth-order valence-electron chi connectivity index (χ4n) is 7.12. The van der Waals surface area contributed by atoms with Crippen molar-refractivity contribution in [3.05, 3.63) is 11.8 Å². The molecule has 3 heteroatoms. The molecule has 1 aliphatic rings. The fourth-order valence-corrected chi connectivity index (χ4v) is 7.12. The summed E-state index contributed by atoms with van der Waals surface area (Å²) in [5, 5.41) is 9.47. The van der Waals surface area contributed by atoms with E-state index in [1.165, 1.54) is 135 Å². The smallest absolute Gasteiger partial charge is 0.222 e. The van der Waals surface area contributed by atoms with Crippen LogP contribution >= 0.6 is 0 Å². The molecule has 0 aliphatic heterocycles. The number of unbranched alkanes of at least 4 members (excludes halogenated alkanes) is 5. The first-order valence-electron chi connectivity index (χ1n) is 17.2. The molecule has 3 nitrogen and oxygen atoms in total. The van der Waals surface area contributed by atoms with Crippen LogP contribution in [0.25, 0.3) is 0 Å². The third-order valence-corrected chi connectivity index (χ3v) is 9.95. The SMILES string of the molecule is CCCCCCC(CCCCC)c1nnc(C(C)(CC)CC(C)(C)C2CCCCCCCCCCCC2)o1. The van der Waals surface area contributed by atoms with Gasteiger partial charge >= 0.3 is 0 Å². The normalized spacial score (nSPS) is 19.7. The zero-order chi connectivity index (χ0) is 27.7. The quantitative estimate of drug-likeness (QED) is 0.212. The second kappa shape index (κ2) is 18.5. The van der Waals surface area contributed by atoms with Crippen molar-refractivity contribution in [3.63, 3.8) is 0 Å². The van der Waals surface area contributed by atoms with Crippen LogP contribution in [0.5, 0.6) is 0 Å². The van der Waals surface area contributed by atoms with E-state index in [0.717, 1.165) is 30.5 Å². The number of nitrogens with zero attached hydrogens (tertiary/aromatic N) is 2. The summed E-state index contributed by atoms with van der Waals surface area (Å²) in [6.07, 6.45) is 30.7. The van der Waals surface area contributed by atoms with Crippen molar-refractivity contribution < 1.29 is 4.42 Å². The maximum Gasteiger partial charge on any atom is 0.222 e. The Kier molecular flexibility index (Phi) is 16.2. The largest absolute Gasteiger partial charge is 0.424 e. The van der Waals surface area contributed by atoms with Crippen molar-refractivity contribution in [2.75, 3.05) is 0 Å². The van der Waals surface area contributed by atoms with Gasteiger partial charge < -0.3 is 4.42 Å². The van der Waals surface area contributed by atoms with Gasteiger partial charge in [0.2, 0.25) is 11.8 Å². The van der Waals surface area contributed by atoms with Gasteiger partial charge in [0.25, 0.3) is 0 Å². The van der Waals surface area contributed by atoms with Crippen LogP contribution in [0.2, 0.25) is 0 Å². The molecule has 1 saturated carbocycles. The lowest BCUT2D eigenvalue weighted by Crippen LogP contribution is -2.34. The van der Waals surface area contributed by atoms with E-state index in [9.17, 15) is 0 Å². The van der Waals surface area contributed by atoms with Crippen LogP contribution in [0.1, 0.15) is 207 Å². The minimum Gasteiger partial charge on any atom is -0.424 e. The highest BCUT2D eigenvalue weighted by Crippen LogP contribution is 2.46. The van der Waals surface area contributed by atoms with Gasteiger partial charge in [-0.3, -0.25) is 0 Å². The molecule has 38 heavy (non-hydrogen) atoms. The van der Waals surface area contributed by atoms with E-state index in [1.807, 2.05) is 0 Å². The first-order chi connectivity index (χ1) is 18.4. The number of aromatic nitrogens is 2. The topological polar surface area (TPSA) is 38.9 Å². The molecular formula is C35H66N2O. The van der Waals surface area contributed by atoms with E-state index in [-0.39, 0.29) is 10.8 Å². The molecule has 1 aromatic rings. The lowest BCUT2D eigenvalue weighted by atomic mass is 9.64. The van der Waals surface area contributed by atoms with Gasteiger partial charge in [0.15, 0.2) is 0 Å². The molecule has 222 valence electrons. The fraction of sp³-hybridized carbons (Fsp3) is 0.943. The highest BCUT2D eigenvalue weighted by atomic mass is 16.4. The van der Waals surface area contributed by atoms with Gasteiger partial charge in [-0.1, -0.05) is 151 Å². The third-order valence-electron chi connectivity index (χ3n) is 9.95. The van der Waals surface area contributed by atoms with Crippen molar-refractivity contribution in [1.29, 1.82) is 0 Å². The second-order valence-corrected chi connectivity index (χ2v) is 13.9. The Morgan fingerprint density at radius 1 is 0.684 bits per heavy atom. The van der Waals surface area contributed by atoms with Gasteiger partial charge in [-0.05, 0) is 49.9 Å². The molecule has 0 aromatic carbocycles. The van der Waals surface area contributed by atoms with Crippen LogP contribution in [0, 0.1) is 11.3 Å². The molecule has 1 fully saturated rings. The highest BCUT2D eigenvalue weighted by molar-refractivity contribution is 5.06. The molecule has 0 N–H and O–H groups in total. The number of hydrogen-bond acceptors (Lipinski definition) is 3. The Hall–Kier alpha value is -0.860. The van der Waals surface area contributed by atoms with Crippen LogP contribution in [0.4, 0.5) is 0 Å². The molecular weight excluding hydrogens is 464 g/mol. The molecule has 1 aromatic heterocycles. The highest BCUT2D eigenvalue weighted by Gasteiger charge is 2.40. The van der Waals surface area contributed by atoms with Crippen LogP contribution in [0.15, 0.2) is 4.42 Å². The van der Waals surface area contributed by atoms with E-state index in [4.69, 9.17) is 14.6 Å². The average molecular weight is 531 g/mol. The molecule has 2 atom stereocenters. The van der Waals surface area contributed by atoms with Crippen molar-refractivity contribution in [2.24, 2.45) is 11.3 Å². The first kappa shape index (κ1) is 33.3. The van der Waals surface area contributed by atoms with Crippen molar-refractivity contribution in [2.45, 2.75) is 201 Å². The maximum absolute atomic E-state index is 6.63. The van der Waals surface area contributed by atoms with Crippen LogP contribution in [-0.4, -0.2) is 10.2 Å². The molecule has 2 rings (SSSR count). The van der Waals surface area contributed by atoms with E-state index < -0.39 is 0 Å². The second-order valence-electron chi connectivity index (χ2n) is 13.9. The Morgan fingerprint density at radius 2 is 1.18 bits per heavy atom. The van der Waals surface area contributed by atoms with Crippen molar-refractivity contribution in [3.8, 4) is 0 Å². The van der Waals surface area contributed by atoms with E-state index in [1.54, 1.807) is 0 Å². The van der Waals surface area contributed by atoms with Crippen LogP contribution in [0.3, 0.4) is 0 Å². The summed E-state index contributed by atoms with van der Waals surface area (Å²) in [5.74, 6) is 3.05. The van der Waals surface area contributed by atoms with Crippen LogP contribution in [-0.2, 0) is 5.41 Å². The molecule has 2 unspecified atom stereocenters. The van der Waals surface area contributed by atoms with Gasteiger partial charge in [0.05, 0.1) is 0 Å². The van der Waals surface area contributed by atoms with Gasteiger partial charge in [-0.25, -0.2) is 0 Å². The summed E-state index contributed by atoms with van der Waals surface area (Å²) in [7, 11) is 0. The number of rotatable bonds is 15. The van der Waals surface area contributed by atoms with Gasteiger partial charge in [0.1, 0.15) is 0 Å². The van der Waals surface area contributed by atoms with Crippen LogP contribution < -0.4 is 0 Å². The van der Waals surface area contributed by atoms with Gasteiger partial charge in [0, 0.05) is 11.3 Å². The van der Waals surface area contributed by atoms with E-state index in [0.29, 0.717) is 5.92 Å². The van der Waals surface area contributed by atoms with Gasteiger partial charge in [-0.2, -0.15) is 0 Å². The monoisotopic (exact) mass is 531 g/mol. The third kappa shape index (κ3) is 11.7. The van der Waals surface area contributed by atoms with Crippen molar-refractivity contribution >= 4 is 0 Å². The summed E-state index contributed by atoms with van der Waals surface area (Å²) < 4.78 is 6.63. The summed E-state index contributed by atoms with van der Waals surface area (Å²) in [6, 6.07) is 0. The molecule has 1 heterocycles. The molecule has 0 spiro atoms. The summed E-state index contributed by atoms with van der Waals surface area (Å²) in [4.78, 5) is 0. The standard InChI is InChI=1S/C35H66N2O/c1-7-10-12-22-26-30(25-21-11-8-2)32-36-37-33(38-32)35(6,9-3)29-34(4,5)31-27-23-19-17-15-13-14-16-18-20-24-28-31/h30-31H,7-29H2,1-6H3. The zero-order valence-corrected chi connectivity index (χ0v) is 26.7.